The van der Waals surface area contributed by atoms with Crippen molar-refractivity contribution in [1.82, 2.24) is 38.9 Å². The number of hydrogen-bond donors (Lipinski definition) is 6. The minimum Gasteiger partial charge on any atom is -0.480 e. The van der Waals surface area contributed by atoms with Crippen LogP contribution in [-0.2, 0) is 45.6 Å². The summed E-state index contributed by atoms with van der Waals surface area (Å²) in [7, 11) is -7.97. The number of sulfonamides is 2. The molecule has 0 bridgehead atoms. The molecule has 1 atom stereocenters. The second kappa shape index (κ2) is 29.0. The molecule has 3 amide bonds. The van der Waals surface area contributed by atoms with Crippen LogP contribution in [0.25, 0.3) is 0 Å². The number of aromatic amines is 1. The Morgan fingerprint density at radius 3 is 1.56 bits per heavy atom. The van der Waals surface area contributed by atoms with E-state index in [1.54, 1.807) is 22.9 Å². The first-order valence-electron chi connectivity index (χ1n) is 18.5. The molecule has 6 N–H and O–H groups in total. The Hall–Kier alpha value is -2.46. The van der Waals surface area contributed by atoms with Gasteiger partial charge in [-0.25, -0.2) is 20.4 Å². The van der Waals surface area contributed by atoms with E-state index in [2.05, 4.69) is 29.5 Å². The Morgan fingerprint density at radius 1 is 0.635 bits per heavy atom. The van der Waals surface area contributed by atoms with Gasteiger partial charge in [-0.2, -0.15) is 5.21 Å². The van der Waals surface area contributed by atoms with Crippen LogP contribution in [0.4, 0.5) is 0 Å². The van der Waals surface area contributed by atoms with Gasteiger partial charge in [0.2, 0.25) is 37.8 Å². The van der Waals surface area contributed by atoms with Crippen LogP contribution in [0.1, 0.15) is 147 Å². The van der Waals surface area contributed by atoms with E-state index < -0.39 is 55.4 Å². The lowest BCUT2D eigenvalue weighted by atomic mass is 10.0. The fourth-order valence-corrected chi connectivity index (χ4v) is 8.12. The van der Waals surface area contributed by atoms with Crippen molar-refractivity contribution < 1.29 is 41.1 Å². The molecule has 0 aliphatic rings. The Balaban J connectivity index is 1.99. The van der Waals surface area contributed by atoms with Gasteiger partial charge in [-0.05, 0) is 44.9 Å². The number of carboxylic acids is 1. The molecule has 20 heteroatoms. The molecule has 1 rings (SSSR count). The number of tetrazole rings is 1. The summed E-state index contributed by atoms with van der Waals surface area (Å²) in [5.74, 6) is -2.95. The zero-order chi connectivity index (χ0) is 38.5. The number of amides is 3. The summed E-state index contributed by atoms with van der Waals surface area (Å²) < 4.78 is 55.4. The number of H-pyrrole nitrogens is 1. The number of carboxylic acid groups (broad SMARTS) is 1. The number of nitrogens with one attached hydrogen (secondary N) is 5. The quantitative estimate of drug-likeness (QED) is 0.0328. The molecule has 1 aromatic rings. The van der Waals surface area contributed by atoms with Crippen LogP contribution in [0.2, 0.25) is 0 Å². The molecule has 1 heterocycles. The number of hydrogen-bond acceptors (Lipinski definition) is 12. The lowest BCUT2D eigenvalue weighted by molar-refractivity contribution is -0.139. The maximum absolute atomic E-state index is 12.2. The Kier molecular flexibility index (Phi) is 26.5. The van der Waals surface area contributed by atoms with Crippen molar-refractivity contribution in [3.8, 4) is 0 Å². The van der Waals surface area contributed by atoms with Crippen molar-refractivity contribution in [3.63, 3.8) is 0 Å². The monoisotopic (exact) mass is 890 g/mol. The van der Waals surface area contributed by atoms with Crippen molar-refractivity contribution in [2.45, 2.75) is 154 Å². The van der Waals surface area contributed by atoms with Crippen LogP contribution in [0.5, 0.6) is 0 Å². The second-order valence-corrected chi connectivity index (χ2v) is 17.3. The molecule has 0 saturated heterocycles. The van der Waals surface area contributed by atoms with E-state index in [4.69, 9.17) is 5.11 Å². The number of aromatic nitrogens is 4. The fraction of sp³-hybridized carbons (Fsp3) is 0.844. The minimum absolute atomic E-state index is 0.0257. The minimum atomic E-state index is -4.01. The van der Waals surface area contributed by atoms with Gasteiger partial charge in [0.05, 0.1) is 11.5 Å². The molecule has 0 radical (unpaired) electrons. The number of rotatable bonds is 34. The molecule has 0 aliphatic heterocycles. The fourth-order valence-electron chi connectivity index (χ4n) is 5.39. The summed E-state index contributed by atoms with van der Waals surface area (Å²) in [6, 6.07) is -0.666. The van der Waals surface area contributed by atoms with Crippen molar-refractivity contribution in [3.05, 3.63) is 5.82 Å². The molecular formula is C32H59IN8O9S2. The van der Waals surface area contributed by atoms with Crippen LogP contribution in [0.15, 0.2) is 0 Å². The number of halogens is 1. The number of carbonyl (C=O) groups excluding carboxylic acids is 3. The van der Waals surface area contributed by atoms with E-state index in [1.807, 2.05) is 9.44 Å². The number of aliphatic carboxylic acids is 1. The van der Waals surface area contributed by atoms with Crippen molar-refractivity contribution in [2.24, 2.45) is 0 Å². The van der Waals surface area contributed by atoms with Crippen LogP contribution < -0.4 is 18.3 Å². The van der Waals surface area contributed by atoms with E-state index in [0.717, 1.165) is 44.3 Å². The van der Waals surface area contributed by atoms with Gasteiger partial charge in [0.25, 0.3) is 0 Å². The average Bonchev–Trinajstić information content (AvgIpc) is 3.59. The van der Waals surface area contributed by atoms with Crippen molar-refractivity contribution in [2.75, 3.05) is 18.1 Å². The first-order valence-corrected chi connectivity index (χ1v) is 22.9. The third kappa shape index (κ3) is 27.2. The van der Waals surface area contributed by atoms with Gasteiger partial charge >= 0.3 is 5.97 Å². The molecule has 0 fully saturated rings. The van der Waals surface area contributed by atoms with E-state index in [1.165, 1.54) is 51.4 Å². The summed E-state index contributed by atoms with van der Waals surface area (Å²) in [4.78, 5) is 47.1. The zero-order valence-electron chi connectivity index (χ0n) is 30.2. The standard InChI is InChI=1S/C32H59IN8O9S2/c33-35-27(32(45)46)19-15-16-24-34-29(42)22-17-25-51(47,48)39-31(44)23-18-26-52(49,50)38-30(43)21-14-12-10-8-6-4-2-1-3-5-7-9-11-13-20-28-36-40-41-37-28/h27,35H,1-26H2,(H,34,42)(H,38,43)(H,39,44)(H,45,46)(H,36,37,40,41)/t27-/m0/s1. The number of nitrogens with zero attached hydrogens (tertiary/aromatic N) is 3. The van der Waals surface area contributed by atoms with Gasteiger partial charge in [-0.1, -0.05) is 82.3 Å². The molecule has 0 spiro atoms. The number of unbranched alkanes of at least 4 members (excludes halogenated alkanes) is 14. The zero-order valence-corrected chi connectivity index (χ0v) is 34.0. The van der Waals surface area contributed by atoms with Crippen LogP contribution in [-0.4, -0.2) is 90.3 Å². The SMILES string of the molecule is O=C(CCCS(=O)(=O)NC(=O)CCCS(=O)(=O)NC(=O)CCCCCCCCCCCCCCCCc1nn[nH]n1)NCCCC[C@H](NI)C(=O)O. The summed E-state index contributed by atoms with van der Waals surface area (Å²) in [5, 5.41) is 25.6. The summed E-state index contributed by atoms with van der Waals surface area (Å²) in [6.45, 7) is 0.328. The lowest BCUT2D eigenvalue weighted by Crippen LogP contribution is -2.35. The third-order valence-electron chi connectivity index (χ3n) is 8.29. The second-order valence-electron chi connectivity index (χ2n) is 13.0. The lowest BCUT2D eigenvalue weighted by Gasteiger charge is -2.10. The Bertz CT molecular complexity index is 1370. The first-order chi connectivity index (χ1) is 24.8. The van der Waals surface area contributed by atoms with E-state index in [9.17, 15) is 36.0 Å². The highest BCUT2D eigenvalue weighted by atomic mass is 127. The van der Waals surface area contributed by atoms with Crippen molar-refractivity contribution >= 4 is 66.6 Å². The average molecular weight is 891 g/mol. The van der Waals surface area contributed by atoms with Crippen LogP contribution in [0.3, 0.4) is 0 Å². The summed E-state index contributed by atoms with van der Waals surface area (Å²) in [6.07, 6.45) is 17.6. The summed E-state index contributed by atoms with van der Waals surface area (Å²) >= 11 is 1.77. The highest BCUT2D eigenvalue weighted by molar-refractivity contribution is 14.1. The largest absolute Gasteiger partial charge is 0.480 e. The van der Waals surface area contributed by atoms with Gasteiger partial charge in [0.15, 0.2) is 5.82 Å². The molecule has 52 heavy (non-hydrogen) atoms. The Morgan fingerprint density at radius 2 is 1.10 bits per heavy atom. The normalized spacial score (nSPS) is 12.3. The third-order valence-corrected chi connectivity index (χ3v) is 11.8. The van der Waals surface area contributed by atoms with Gasteiger partial charge in [-0.15, -0.1) is 10.2 Å². The molecule has 0 aromatic carbocycles. The van der Waals surface area contributed by atoms with Crippen LogP contribution >= 0.6 is 22.9 Å². The maximum atomic E-state index is 12.2. The van der Waals surface area contributed by atoms with E-state index in [0.29, 0.717) is 32.2 Å². The predicted molar refractivity (Wildman–Crippen MR) is 205 cm³/mol. The smallest absolute Gasteiger partial charge is 0.321 e. The van der Waals surface area contributed by atoms with Gasteiger partial charge in [-0.3, -0.25) is 28.6 Å². The highest BCUT2D eigenvalue weighted by Crippen LogP contribution is 2.14. The molecular weight excluding hydrogens is 831 g/mol. The topological polar surface area (TPSA) is 259 Å². The first kappa shape index (κ1) is 47.6. The van der Waals surface area contributed by atoms with Gasteiger partial charge < -0.3 is 10.4 Å². The summed E-state index contributed by atoms with van der Waals surface area (Å²) in [5.41, 5.74) is 0. The maximum Gasteiger partial charge on any atom is 0.321 e. The highest BCUT2D eigenvalue weighted by Gasteiger charge is 2.19. The molecule has 0 saturated carbocycles. The van der Waals surface area contributed by atoms with Gasteiger partial charge in [0, 0.05) is 55.1 Å². The van der Waals surface area contributed by atoms with Gasteiger partial charge in [0.1, 0.15) is 6.04 Å². The molecule has 1 aromatic heterocycles. The Labute approximate surface area is 322 Å². The van der Waals surface area contributed by atoms with Crippen molar-refractivity contribution in [1.29, 1.82) is 0 Å². The predicted octanol–water partition coefficient (Wildman–Crippen LogP) is 3.73. The van der Waals surface area contributed by atoms with Crippen LogP contribution in [0, 0.1) is 0 Å². The molecule has 17 nitrogen and oxygen atoms in total. The molecule has 300 valence electrons. The van der Waals surface area contributed by atoms with E-state index in [-0.39, 0.29) is 38.0 Å². The number of carbonyl (C=O) groups is 4. The molecule has 0 unspecified atom stereocenters. The molecule has 0 aliphatic carbocycles. The number of aryl methyl sites for hydroxylation is 1. The van der Waals surface area contributed by atoms with E-state index >= 15 is 0 Å².